The van der Waals surface area contributed by atoms with Crippen LogP contribution in [0.15, 0.2) is 31.8 Å². The van der Waals surface area contributed by atoms with Gasteiger partial charge >= 0.3 is 5.76 Å². The highest BCUT2D eigenvalue weighted by Gasteiger charge is 2.12. The molecule has 2 heterocycles. The smallest absolute Gasteiger partial charge is 0.419 e. The minimum Gasteiger partial charge on any atom is -0.429 e. The van der Waals surface area contributed by atoms with E-state index < -0.39 is 5.76 Å². The van der Waals surface area contributed by atoms with Crippen molar-refractivity contribution in [1.82, 2.24) is 9.55 Å². The average molecular weight is 245 g/mol. The Hall–Kier alpha value is -2.50. The first kappa shape index (κ1) is 10.6. The molecule has 92 valence electrons. The number of hydrogen-bond acceptors (Lipinski definition) is 5. The van der Waals surface area contributed by atoms with Crippen LogP contribution in [0.25, 0.3) is 22.4 Å². The van der Waals surface area contributed by atoms with E-state index in [1.165, 1.54) is 4.57 Å². The molecule has 6 heteroatoms. The molecule has 2 aromatic heterocycles. The van der Waals surface area contributed by atoms with Gasteiger partial charge in [-0.15, -0.1) is 0 Å². The largest absolute Gasteiger partial charge is 0.429 e. The van der Waals surface area contributed by atoms with E-state index in [1.807, 2.05) is 6.07 Å². The topological polar surface area (TPSA) is 87.2 Å². The van der Waals surface area contributed by atoms with E-state index in [-0.39, 0.29) is 6.01 Å². The van der Waals surface area contributed by atoms with Crippen LogP contribution in [-0.4, -0.2) is 9.55 Å². The molecule has 2 N–H and O–H groups in total. The van der Waals surface area contributed by atoms with E-state index in [0.717, 1.165) is 11.1 Å². The van der Waals surface area contributed by atoms with Crippen LogP contribution >= 0.6 is 0 Å². The quantitative estimate of drug-likeness (QED) is 0.704. The molecule has 0 bridgehead atoms. The number of anilines is 1. The fourth-order valence-corrected chi connectivity index (χ4v) is 1.97. The van der Waals surface area contributed by atoms with Crippen molar-refractivity contribution >= 4 is 17.1 Å². The van der Waals surface area contributed by atoms with Gasteiger partial charge in [0.1, 0.15) is 11.5 Å². The third-order valence-corrected chi connectivity index (χ3v) is 2.88. The molecule has 0 spiro atoms. The molecule has 1 aromatic carbocycles. The van der Waals surface area contributed by atoms with E-state index in [4.69, 9.17) is 14.6 Å². The average Bonchev–Trinajstić information content (AvgIpc) is 2.80. The van der Waals surface area contributed by atoms with Crippen molar-refractivity contribution in [2.75, 3.05) is 5.73 Å². The molecule has 0 saturated heterocycles. The molecular weight excluding hydrogens is 234 g/mol. The Morgan fingerprint density at radius 3 is 2.78 bits per heavy atom. The monoisotopic (exact) mass is 245 g/mol. The molecule has 0 radical (unpaired) electrons. The van der Waals surface area contributed by atoms with Gasteiger partial charge in [-0.05, 0) is 19.1 Å². The SMILES string of the molecule is Cc1oc(N)nc1-c1ccc2c(c1)oc(=O)n2C. The molecule has 0 aliphatic heterocycles. The first-order valence-corrected chi connectivity index (χ1v) is 5.39. The van der Waals surface area contributed by atoms with Crippen LogP contribution < -0.4 is 11.5 Å². The first-order valence-electron chi connectivity index (χ1n) is 5.39. The summed E-state index contributed by atoms with van der Waals surface area (Å²) >= 11 is 0. The van der Waals surface area contributed by atoms with Crippen LogP contribution in [0.3, 0.4) is 0 Å². The highest BCUT2D eigenvalue weighted by molar-refractivity contribution is 5.80. The van der Waals surface area contributed by atoms with Gasteiger partial charge < -0.3 is 14.6 Å². The zero-order chi connectivity index (χ0) is 12.9. The Kier molecular flexibility index (Phi) is 2.07. The van der Waals surface area contributed by atoms with Gasteiger partial charge in [0.2, 0.25) is 0 Å². The standard InChI is InChI=1S/C12H11N3O3/c1-6-10(14-11(13)17-6)7-3-4-8-9(5-7)18-12(16)15(8)2/h3-5H,1-2H3,(H2,13,14). The van der Waals surface area contributed by atoms with Crippen molar-refractivity contribution in [3.05, 3.63) is 34.5 Å². The second-order valence-corrected chi connectivity index (χ2v) is 4.07. The highest BCUT2D eigenvalue weighted by Crippen LogP contribution is 2.27. The summed E-state index contributed by atoms with van der Waals surface area (Å²) in [6.45, 7) is 1.78. The molecule has 3 rings (SSSR count). The van der Waals surface area contributed by atoms with Crippen molar-refractivity contribution in [3.63, 3.8) is 0 Å². The summed E-state index contributed by atoms with van der Waals surface area (Å²) in [6.07, 6.45) is 0. The van der Waals surface area contributed by atoms with Gasteiger partial charge in [0.05, 0.1) is 5.52 Å². The van der Waals surface area contributed by atoms with Crippen LogP contribution in [0.4, 0.5) is 6.01 Å². The predicted molar refractivity (Wildman–Crippen MR) is 66.1 cm³/mol. The van der Waals surface area contributed by atoms with Crippen molar-refractivity contribution in [2.24, 2.45) is 7.05 Å². The van der Waals surface area contributed by atoms with Crippen LogP contribution in [0.2, 0.25) is 0 Å². The third-order valence-electron chi connectivity index (χ3n) is 2.88. The van der Waals surface area contributed by atoms with Crippen LogP contribution in [0.5, 0.6) is 0 Å². The fraction of sp³-hybridized carbons (Fsp3) is 0.167. The number of oxazole rings is 2. The van der Waals surface area contributed by atoms with Gasteiger partial charge in [0.15, 0.2) is 5.58 Å². The van der Waals surface area contributed by atoms with Crippen molar-refractivity contribution in [1.29, 1.82) is 0 Å². The van der Waals surface area contributed by atoms with Gasteiger partial charge in [0.25, 0.3) is 6.01 Å². The molecule has 0 amide bonds. The van der Waals surface area contributed by atoms with Crippen LogP contribution in [0.1, 0.15) is 5.76 Å². The normalized spacial score (nSPS) is 11.2. The summed E-state index contributed by atoms with van der Waals surface area (Å²) in [5.74, 6) is 0.240. The van der Waals surface area contributed by atoms with Gasteiger partial charge in [-0.3, -0.25) is 4.57 Å². The van der Waals surface area contributed by atoms with E-state index in [1.54, 1.807) is 26.1 Å². The van der Waals surface area contributed by atoms with Gasteiger partial charge in [-0.25, -0.2) is 4.79 Å². The minimum atomic E-state index is -0.390. The highest BCUT2D eigenvalue weighted by atomic mass is 16.4. The lowest BCUT2D eigenvalue weighted by Crippen LogP contribution is -2.08. The summed E-state index contributed by atoms with van der Waals surface area (Å²) in [5, 5.41) is 0. The number of nitrogen functional groups attached to an aromatic ring is 1. The van der Waals surface area contributed by atoms with Crippen LogP contribution in [-0.2, 0) is 7.05 Å². The summed E-state index contributed by atoms with van der Waals surface area (Å²) in [6, 6.07) is 5.53. The number of nitrogens with two attached hydrogens (primary N) is 1. The molecule has 0 fully saturated rings. The van der Waals surface area contributed by atoms with E-state index in [9.17, 15) is 4.79 Å². The maximum atomic E-state index is 11.4. The van der Waals surface area contributed by atoms with Crippen molar-refractivity contribution < 1.29 is 8.83 Å². The number of rotatable bonds is 1. The zero-order valence-electron chi connectivity index (χ0n) is 9.93. The number of hydrogen-bond donors (Lipinski definition) is 1. The van der Waals surface area contributed by atoms with Gasteiger partial charge in [-0.2, -0.15) is 4.98 Å². The number of benzene rings is 1. The number of fused-ring (bicyclic) bond motifs is 1. The fourth-order valence-electron chi connectivity index (χ4n) is 1.97. The number of aromatic nitrogens is 2. The molecule has 0 atom stereocenters. The first-order chi connectivity index (χ1) is 8.56. The molecule has 0 aliphatic rings. The maximum Gasteiger partial charge on any atom is 0.419 e. The van der Waals surface area contributed by atoms with Crippen molar-refractivity contribution in [2.45, 2.75) is 6.92 Å². The Balaban J connectivity index is 2.25. The molecule has 0 saturated carbocycles. The number of aryl methyl sites for hydroxylation is 2. The Morgan fingerprint density at radius 2 is 2.11 bits per heavy atom. The van der Waals surface area contributed by atoms with Crippen molar-refractivity contribution in [3.8, 4) is 11.3 Å². The molecule has 0 unspecified atom stereocenters. The van der Waals surface area contributed by atoms with E-state index >= 15 is 0 Å². The van der Waals surface area contributed by atoms with E-state index in [0.29, 0.717) is 17.0 Å². The molecule has 6 nitrogen and oxygen atoms in total. The summed E-state index contributed by atoms with van der Waals surface area (Å²) in [4.78, 5) is 15.5. The molecular formula is C12H11N3O3. The maximum absolute atomic E-state index is 11.4. The lowest BCUT2D eigenvalue weighted by atomic mass is 10.1. The summed E-state index contributed by atoms with van der Waals surface area (Å²) in [5.41, 5.74) is 8.21. The zero-order valence-corrected chi connectivity index (χ0v) is 9.93. The van der Waals surface area contributed by atoms with E-state index in [2.05, 4.69) is 4.98 Å². The predicted octanol–water partition coefficient (Wildman–Crippen LogP) is 1.68. The van der Waals surface area contributed by atoms with Gasteiger partial charge in [-0.1, -0.05) is 6.07 Å². The summed E-state index contributed by atoms with van der Waals surface area (Å²) < 4.78 is 11.8. The molecule has 18 heavy (non-hydrogen) atoms. The molecule has 3 aromatic rings. The Labute approximate surface area is 102 Å². The van der Waals surface area contributed by atoms with Gasteiger partial charge in [0, 0.05) is 12.6 Å². The molecule has 0 aliphatic carbocycles. The lowest BCUT2D eigenvalue weighted by molar-refractivity contribution is 0.528. The minimum absolute atomic E-state index is 0.122. The second-order valence-electron chi connectivity index (χ2n) is 4.07. The lowest BCUT2D eigenvalue weighted by Gasteiger charge is -1.97. The van der Waals surface area contributed by atoms with Crippen LogP contribution in [0, 0.1) is 6.92 Å². The second kappa shape index (κ2) is 3.49. The number of nitrogens with zero attached hydrogens (tertiary/aromatic N) is 2. The Bertz CT molecular complexity index is 795. The Morgan fingerprint density at radius 1 is 1.33 bits per heavy atom. The summed E-state index contributed by atoms with van der Waals surface area (Å²) in [7, 11) is 1.66. The third kappa shape index (κ3) is 1.42.